The van der Waals surface area contributed by atoms with Crippen LogP contribution in [0.1, 0.15) is 5.56 Å². The van der Waals surface area contributed by atoms with Crippen molar-refractivity contribution in [2.45, 2.75) is 6.54 Å². The molecule has 1 aromatic heterocycles. The summed E-state index contributed by atoms with van der Waals surface area (Å²) in [5, 5.41) is 5.22. The van der Waals surface area contributed by atoms with E-state index in [2.05, 4.69) is 10.3 Å². The Hall–Kier alpha value is -2.49. The normalized spacial score (nSPS) is 10.7. The van der Waals surface area contributed by atoms with E-state index in [1.165, 1.54) is 6.07 Å². The van der Waals surface area contributed by atoms with Gasteiger partial charge in [0.2, 0.25) is 0 Å². The molecule has 0 saturated carbocycles. The minimum atomic E-state index is -0.856. The monoisotopic (exact) mass is 270 g/mol. The zero-order chi connectivity index (χ0) is 13.9. The molecule has 2 aromatic carbocycles. The SMILES string of the molecule is Fc1ccc(NCc2cncc3ccccc23)cc1F. The number of anilines is 1. The van der Waals surface area contributed by atoms with Gasteiger partial charge in [-0.15, -0.1) is 0 Å². The molecule has 0 unspecified atom stereocenters. The van der Waals surface area contributed by atoms with Crippen LogP contribution in [0.25, 0.3) is 10.8 Å². The van der Waals surface area contributed by atoms with E-state index in [9.17, 15) is 8.78 Å². The Morgan fingerprint density at radius 1 is 0.950 bits per heavy atom. The molecule has 1 heterocycles. The van der Waals surface area contributed by atoms with Crippen LogP contribution in [-0.4, -0.2) is 4.98 Å². The van der Waals surface area contributed by atoms with Gasteiger partial charge in [0.05, 0.1) is 0 Å². The first-order valence-electron chi connectivity index (χ1n) is 6.24. The average molecular weight is 270 g/mol. The number of halogens is 2. The van der Waals surface area contributed by atoms with E-state index in [-0.39, 0.29) is 0 Å². The van der Waals surface area contributed by atoms with Gasteiger partial charge in [0.25, 0.3) is 0 Å². The topological polar surface area (TPSA) is 24.9 Å². The fraction of sp³-hybridized carbons (Fsp3) is 0.0625. The standard InChI is InChI=1S/C16H12F2N2/c17-15-6-5-13(7-16(15)18)20-10-12-9-19-8-11-3-1-2-4-14(11)12/h1-9,20H,10H2. The summed E-state index contributed by atoms with van der Waals surface area (Å²) in [6.45, 7) is 0.499. The highest BCUT2D eigenvalue weighted by molar-refractivity contribution is 5.84. The van der Waals surface area contributed by atoms with Gasteiger partial charge in [0.1, 0.15) is 0 Å². The maximum atomic E-state index is 13.1. The second-order valence-electron chi connectivity index (χ2n) is 4.50. The predicted molar refractivity (Wildman–Crippen MR) is 75.4 cm³/mol. The molecule has 0 aliphatic carbocycles. The maximum absolute atomic E-state index is 13.1. The number of aromatic nitrogens is 1. The van der Waals surface area contributed by atoms with Gasteiger partial charge in [-0.2, -0.15) is 0 Å². The lowest BCUT2D eigenvalue weighted by molar-refractivity contribution is 0.509. The van der Waals surface area contributed by atoms with Crippen molar-refractivity contribution in [1.82, 2.24) is 4.98 Å². The van der Waals surface area contributed by atoms with E-state index >= 15 is 0 Å². The Balaban J connectivity index is 1.85. The van der Waals surface area contributed by atoms with Crippen molar-refractivity contribution in [3.8, 4) is 0 Å². The predicted octanol–water partition coefficient (Wildman–Crippen LogP) is 4.13. The number of nitrogens with one attached hydrogen (secondary N) is 1. The fourth-order valence-corrected chi connectivity index (χ4v) is 2.12. The first-order chi connectivity index (χ1) is 9.74. The Labute approximate surface area is 115 Å². The van der Waals surface area contributed by atoms with E-state index in [4.69, 9.17) is 0 Å². The molecule has 0 aliphatic heterocycles. The van der Waals surface area contributed by atoms with E-state index in [1.54, 1.807) is 12.4 Å². The molecule has 0 amide bonds. The number of benzene rings is 2. The summed E-state index contributed by atoms with van der Waals surface area (Å²) in [5.41, 5.74) is 1.55. The third-order valence-electron chi connectivity index (χ3n) is 3.15. The molecule has 3 aromatic rings. The van der Waals surface area contributed by atoms with Crippen molar-refractivity contribution >= 4 is 16.5 Å². The van der Waals surface area contributed by atoms with Crippen LogP contribution in [0.3, 0.4) is 0 Å². The largest absolute Gasteiger partial charge is 0.381 e. The second-order valence-corrected chi connectivity index (χ2v) is 4.50. The van der Waals surface area contributed by atoms with Crippen molar-refractivity contribution in [2.75, 3.05) is 5.32 Å². The first-order valence-corrected chi connectivity index (χ1v) is 6.24. The molecule has 3 rings (SSSR count). The lowest BCUT2D eigenvalue weighted by Gasteiger charge is -2.09. The van der Waals surface area contributed by atoms with Gasteiger partial charge in [-0.05, 0) is 23.1 Å². The Morgan fingerprint density at radius 3 is 2.65 bits per heavy atom. The third kappa shape index (κ3) is 2.45. The molecule has 100 valence electrons. The minimum Gasteiger partial charge on any atom is -0.381 e. The van der Waals surface area contributed by atoms with E-state index in [0.717, 1.165) is 28.5 Å². The molecule has 1 N–H and O–H groups in total. The molecule has 0 fully saturated rings. The van der Waals surface area contributed by atoms with Crippen LogP contribution in [-0.2, 0) is 6.54 Å². The zero-order valence-corrected chi connectivity index (χ0v) is 10.6. The molecular weight excluding hydrogens is 258 g/mol. The highest BCUT2D eigenvalue weighted by atomic mass is 19.2. The minimum absolute atomic E-state index is 0.499. The van der Waals surface area contributed by atoms with Gasteiger partial charge < -0.3 is 5.32 Å². The molecular formula is C16H12F2N2. The van der Waals surface area contributed by atoms with Gasteiger partial charge in [-0.3, -0.25) is 4.98 Å². The molecule has 20 heavy (non-hydrogen) atoms. The van der Waals surface area contributed by atoms with Crippen LogP contribution in [0, 0.1) is 11.6 Å². The molecule has 0 atom stereocenters. The lowest BCUT2D eigenvalue weighted by Crippen LogP contribution is -2.01. The van der Waals surface area contributed by atoms with Gasteiger partial charge >= 0.3 is 0 Å². The van der Waals surface area contributed by atoms with Crippen LogP contribution >= 0.6 is 0 Å². The van der Waals surface area contributed by atoms with Gasteiger partial charge in [-0.25, -0.2) is 8.78 Å². The molecule has 2 nitrogen and oxygen atoms in total. The second kappa shape index (κ2) is 5.25. The van der Waals surface area contributed by atoms with Crippen molar-refractivity contribution in [1.29, 1.82) is 0 Å². The average Bonchev–Trinajstić information content (AvgIpc) is 2.48. The summed E-state index contributed by atoms with van der Waals surface area (Å²) >= 11 is 0. The summed E-state index contributed by atoms with van der Waals surface area (Å²) in [5.74, 6) is -1.70. The van der Waals surface area contributed by atoms with Crippen LogP contribution < -0.4 is 5.32 Å². The number of nitrogens with zero attached hydrogens (tertiary/aromatic N) is 1. The van der Waals surface area contributed by atoms with Crippen LogP contribution in [0.2, 0.25) is 0 Å². The molecule has 0 saturated heterocycles. The summed E-state index contributed by atoms with van der Waals surface area (Å²) in [4.78, 5) is 4.18. The summed E-state index contributed by atoms with van der Waals surface area (Å²) in [6, 6.07) is 11.7. The molecule has 0 aliphatic rings. The third-order valence-corrected chi connectivity index (χ3v) is 3.15. The molecule has 0 radical (unpaired) electrons. The molecule has 4 heteroatoms. The fourth-order valence-electron chi connectivity index (χ4n) is 2.12. The van der Waals surface area contributed by atoms with Crippen molar-refractivity contribution in [3.05, 3.63) is 72.1 Å². The Morgan fingerprint density at radius 2 is 1.80 bits per heavy atom. The van der Waals surface area contributed by atoms with Crippen LogP contribution in [0.5, 0.6) is 0 Å². The van der Waals surface area contributed by atoms with E-state index in [0.29, 0.717) is 12.2 Å². The Kier molecular flexibility index (Phi) is 3.29. The Bertz CT molecular complexity index is 751. The highest BCUT2D eigenvalue weighted by Gasteiger charge is 2.04. The summed E-state index contributed by atoms with van der Waals surface area (Å²) in [7, 11) is 0. The number of pyridine rings is 1. The van der Waals surface area contributed by atoms with Gasteiger partial charge in [-0.1, -0.05) is 24.3 Å². The highest BCUT2D eigenvalue weighted by Crippen LogP contribution is 2.19. The summed E-state index contributed by atoms with van der Waals surface area (Å²) in [6.07, 6.45) is 3.58. The molecule has 0 spiro atoms. The van der Waals surface area contributed by atoms with Gasteiger partial charge in [0.15, 0.2) is 11.6 Å². The summed E-state index contributed by atoms with van der Waals surface area (Å²) < 4.78 is 26.0. The van der Waals surface area contributed by atoms with Crippen molar-refractivity contribution in [3.63, 3.8) is 0 Å². The van der Waals surface area contributed by atoms with Crippen LogP contribution in [0.4, 0.5) is 14.5 Å². The number of fused-ring (bicyclic) bond motifs is 1. The zero-order valence-electron chi connectivity index (χ0n) is 10.6. The molecule has 0 bridgehead atoms. The van der Waals surface area contributed by atoms with Crippen molar-refractivity contribution < 1.29 is 8.78 Å². The number of hydrogen-bond donors (Lipinski definition) is 1. The smallest absolute Gasteiger partial charge is 0.160 e. The van der Waals surface area contributed by atoms with Gasteiger partial charge in [0, 0.05) is 36.1 Å². The van der Waals surface area contributed by atoms with E-state index < -0.39 is 11.6 Å². The number of rotatable bonds is 3. The quantitative estimate of drug-likeness (QED) is 0.774. The lowest BCUT2D eigenvalue weighted by atomic mass is 10.1. The maximum Gasteiger partial charge on any atom is 0.160 e. The number of hydrogen-bond acceptors (Lipinski definition) is 2. The first kappa shape index (κ1) is 12.5. The van der Waals surface area contributed by atoms with E-state index in [1.807, 2.05) is 24.3 Å². The van der Waals surface area contributed by atoms with Crippen LogP contribution in [0.15, 0.2) is 54.9 Å². The van der Waals surface area contributed by atoms with Crippen molar-refractivity contribution in [2.24, 2.45) is 0 Å².